The maximum absolute atomic E-state index is 9.25. The average molecular weight is 246 g/mol. The van der Waals surface area contributed by atoms with E-state index in [2.05, 4.69) is 27.9 Å². The summed E-state index contributed by atoms with van der Waals surface area (Å²) in [6.45, 7) is 0. The van der Waals surface area contributed by atoms with Crippen LogP contribution in [0.15, 0.2) is 22.9 Å². The van der Waals surface area contributed by atoms with Crippen LogP contribution >= 0.6 is 22.7 Å². The van der Waals surface area contributed by atoms with Crippen LogP contribution in [0.2, 0.25) is 0 Å². The van der Waals surface area contributed by atoms with E-state index in [-0.39, 0.29) is 5.41 Å². The molecule has 2 heterocycles. The van der Waals surface area contributed by atoms with Gasteiger partial charge in [0.25, 0.3) is 0 Å². The predicted molar refractivity (Wildman–Crippen MR) is 66.6 cm³/mol. The second-order valence-electron chi connectivity index (χ2n) is 4.06. The van der Waals surface area contributed by atoms with Gasteiger partial charge in [0.2, 0.25) is 0 Å². The van der Waals surface area contributed by atoms with E-state index in [0.29, 0.717) is 0 Å². The quantitative estimate of drug-likeness (QED) is 0.807. The Kier molecular flexibility index (Phi) is 2.31. The number of thiazole rings is 1. The molecule has 2 aromatic heterocycles. The molecule has 3 rings (SSSR count). The molecule has 0 aromatic carbocycles. The minimum atomic E-state index is -0.264. The van der Waals surface area contributed by atoms with Gasteiger partial charge in [0.1, 0.15) is 10.4 Å². The Morgan fingerprint density at radius 1 is 1.38 bits per heavy atom. The van der Waals surface area contributed by atoms with E-state index in [1.807, 2.05) is 6.07 Å². The van der Waals surface area contributed by atoms with Crippen LogP contribution in [-0.4, -0.2) is 4.98 Å². The first kappa shape index (κ1) is 10.0. The van der Waals surface area contributed by atoms with Crippen molar-refractivity contribution < 1.29 is 0 Å². The van der Waals surface area contributed by atoms with Gasteiger partial charge in [-0.2, -0.15) is 5.26 Å². The van der Waals surface area contributed by atoms with Gasteiger partial charge in [0.05, 0.1) is 16.6 Å². The number of nitrogens with zero attached hydrogens (tertiary/aromatic N) is 2. The summed E-state index contributed by atoms with van der Waals surface area (Å²) in [5, 5.41) is 14.4. The molecule has 0 bridgehead atoms. The van der Waals surface area contributed by atoms with Crippen LogP contribution in [0.1, 0.15) is 24.3 Å². The average Bonchev–Trinajstić information content (AvgIpc) is 2.86. The first-order valence-electron chi connectivity index (χ1n) is 5.25. The molecule has 0 saturated heterocycles. The maximum Gasteiger partial charge on any atom is 0.114 e. The number of aromatic nitrogens is 1. The summed E-state index contributed by atoms with van der Waals surface area (Å²) in [5.41, 5.74) is 0.761. The van der Waals surface area contributed by atoms with Gasteiger partial charge < -0.3 is 0 Å². The third kappa shape index (κ3) is 1.40. The highest BCUT2D eigenvalue weighted by Crippen LogP contribution is 2.45. The number of rotatable bonds is 2. The van der Waals surface area contributed by atoms with Gasteiger partial charge >= 0.3 is 0 Å². The molecule has 0 amide bonds. The zero-order valence-electron chi connectivity index (χ0n) is 8.64. The van der Waals surface area contributed by atoms with Crippen molar-refractivity contribution in [2.45, 2.75) is 24.7 Å². The minimum Gasteiger partial charge on any atom is -0.239 e. The van der Waals surface area contributed by atoms with E-state index < -0.39 is 0 Å². The summed E-state index contributed by atoms with van der Waals surface area (Å²) < 4.78 is 0. The van der Waals surface area contributed by atoms with Crippen molar-refractivity contribution >= 4 is 22.7 Å². The lowest BCUT2D eigenvalue weighted by molar-refractivity contribution is 0.323. The Hall–Kier alpha value is -1.18. The molecule has 0 aliphatic heterocycles. The van der Waals surface area contributed by atoms with Crippen LogP contribution < -0.4 is 0 Å². The van der Waals surface area contributed by atoms with Gasteiger partial charge in [0, 0.05) is 5.38 Å². The van der Waals surface area contributed by atoms with Crippen molar-refractivity contribution in [3.05, 3.63) is 27.9 Å². The van der Waals surface area contributed by atoms with E-state index in [1.165, 1.54) is 4.88 Å². The molecule has 80 valence electrons. The van der Waals surface area contributed by atoms with Gasteiger partial charge in [0.15, 0.2) is 0 Å². The summed E-state index contributed by atoms with van der Waals surface area (Å²) in [4.78, 5) is 5.81. The Morgan fingerprint density at radius 3 is 2.81 bits per heavy atom. The molecule has 0 radical (unpaired) electrons. The standard InChI is InChI=1S/C12H10N2S2/c13-8-12(4-2-5-12)11-14-9(7-16-11)10-3-1-6-15-10/h1,3,6-7H,2,4-5H2. The Labute approximate surface area is 102 Å². The van der Waals surface area contributed by atoms with Gasteiger partial charge in [-0.05, 0) is 30.7 Å². The molecular formula is C12H10N2S2. The lowest BCUT2D eigenvalue weighted by Gasteiger charge is -2.32. The third-order valence-electron chi connectivity index (χ3n) is 3.11. The van der Waals surface area contributed by atoms with Crippen LogP contribution in [-0.2, 0) is 5.41 Å². The summed E-state index contributed by atoms with van der Waals surface area (Å²) >= 11 is 3.32. The van der Waals surface area contributed by atoms with E-state index in [0.717, 1.165) is 30.0 Å². The first-order chi connectivity index (χ1) is 7.84. The fourth-order valence-electron chi connectivity index (χ4n) is 1.93. The minimum absolute atomic E-state index is 0.264. The summed E-state index contributed by atoms with van der Waals surface area (Å²) in [6.07, 6.45) is 3.10. The zero-order chi connectivity index (χ0) is 11.0. The van der Waals surface area contributed by atoms with Crippen molar-refractivity contribution in [2.75, 3.05) is 0 Å². The molecule has 1 aliphatic carbocycles. The van der Waals surface area contributed by atoms with Gasteiger partial charge in [-0.3, -0.25) is 0 Å². The summed E-state index contributed by atoms with van der Waals surface area (Å²) in [7, 11) is 0. The summed E-state index contributed by atoms with van der Waals surface area (Å²) in [6, 6.07) is 6.54. The Balaban J connectivity index is 1.97. The number of nitriles is 1. The molecule has 0 unspecified atom stereocenters. The molecule has 0 atom stereocenters. The number of thiophene rings is 1. The van der Waals surface area contributed by atoms with Crippen LogP contribution in [0, 0.1) is 11.3 Å². The first-order valence-corrected chi connectivity index (χ1v) is 7.01. The highest BCUT2D eigenvalue weighted by molar-refractivity contribution is 7.14. The molecule has 4 heteroatoms. The lowest BCUT2D eigenvalue weighted by Crippen LogP contribution is -2.32. The van der Waals surface area contributed by atoms with E-state index in [4.69, 9.17) is 0 Å². The SMILES string of the molecule is N#CC1(c2nc(-c3cccs3)cs2)CCC1. The van der Waals surface area contributed by atoms with Crippen LogP contribution in [0.3, 0.4) is 0 Å². The molecule has 2 nitrogen and oxygen atoms in total. The predicted octanol–water partition coefficient (Wildman–Crippen LogP) is 3.82. The number of hydrogen-bond acceptors (Lipinski definition) is 4. The molecular weight excluding hydrogens is 236 g/mol. The third-order valence-corrected chi connectivity index (χ3v) is 5.05. The van der Waals surface area contributed by atoms with Crippen molar-refractivity contribution in [3.63, 3.8) is 0 Å². The van der Waals surface area contributed by atoms with Crippen molar-refractivity contribution in [1.82, 2.24) is 4.98 Å². The molecule has 0 spiro atoms. The highest BCUT2D eigenvalue weighted by Gasteiger charge is 2.41. The topological polar surface area (TPSA) is 36.7 Å². The van der Waals surface area contributed by atoms with E-state index in [9.17, 15) is 5.26 Å². The molecule has 2 aromatic rings. The highest BCUT2D eigenvalue weighted by atomic mass is 32.1. The van der Waals surface area contributed by atoms with Crippen molar-refractivity contribution in [2.24, 2.45) is 0 Å². The van der Waals surface area contributed by atoms with Crippen molar-refractivity contribution in [3.8, 4) is 16.6 Å². The molecule has 1 aliphatic rings. The molecule has 16 heavy (non-hydrogen) atoms. The second kappa shape index (κ2) is 3.69. The fourth-order valence-corrected chi connectivity index (χ4v) is 3.72. The molecule has 1 fully saturated rings. The monoisotopic (exact) mass is 246 g/mol. The maximum atomic E-state index is 9.25. The zero-order valence-corrected chi connectivity index (χ0v) is 10.3. The van der Waals surface area contributed by atoms with Crippen molar-refractivity contribution in [1.29, 1.82) is 5.26 Å². The van der Waals surface area contributed by atoms with E-state index >= 15 is 0 Å². The van der Waals surface area contributed by atoms with Gasteiger partial charge in [-0.15, -0.1) is 22.7 Å². The van der Waals surface area contributed by atoms with Crippen LogP contribution in [0.5, 0.6) is 0 Å². The fraction of sp³-hybridized carbons (Fsp3) is 0.333. The summed E-state index contributed by atoms with van der Waals surface area (Å²) in [5.74, 6) is 0. The van der Waals surface area contributed by atoms with Gasteiger partial charge in [-0.1, -0.05) is 6.07 Å². The number of hydrogen-bond donors (Lipinski definition) is 0. The second-order valence-corrected chi connectivity index (χ2v) is 5.87. The van der Waals surface area contributed by atoms with E-state index in [1.54, 1.807) is 22.7 Å². The Bertz CT molecular complexity index is 530. The van der Waals surface area contributed by atoms with Crippen LogP contribution in [0.4, 0.5) is 0 Å². The van der Waals surface area contributed by atoms with Crippen LogP contribution in [0.25, 0.3) is 10.6 Å². The molecule has 0 N–H and O–H groups in total. The lowest BCUT2D eigenvalue weighted by atomic mass is 9.70. The smallest absolute Gasteiger partial charge is 0.114 e. The largest absolute Gasteiger partial charge is 0.239 e. The van der Waals surface area contributed by atoms with Gasteiger partial charge in [-0.25, -0.2) is 4.98 Å². The molecule has 1 saturated carbocycles. The Morgan fingerprint density at radius 2 is 2.25 bits per heavy atom. The normalized spacial score (nSPS) is 17.7.